The minimum absolute atomic E-state index is 0.603. The number of aryl methyl sites for hydroxylation is 2. The Morgan fingerprint density at radius 3 is 2.82 bits per heavy atom. The fourth-order valence-corrected chi connectivity index (χ4v) is 2.18. The molecule has 1 aliphatic heterocycles. The predicted octanol–water partition coefficient (Wildman–Crippen LogP) is 0.360. The van der Waals surface area contributed by atoms with E-state index in [9.17, 15) is 5.11 Å². The molecule has 0 amide bonds. The zero-order valence-corrected chi connectivity index (χ0v) is 10.6. The lowest BCUT2D eigenvalue weighted by Crippen LogP contribution is -2.44. The highest BCUT2D eigenvalue weighted by atomic mass is 16.5. The molecule has 0 saturated carbocycles. The molecular formula is C12H21N3O2. The number of aromatic nitrogens is 2. The van der Waals surface area contributed by atoms with Crippen LogP contribution in [0.3, 0.4) is 0 Å². The van der Waals surface area contributed by atoms with E-state index in [1.165, 1.54) is 5.56 Å². The number of nitrogens with zero attached hydrogens (tertiary/aromatic N) is 2. The summed E-state index contributed by atoms with van der Waals surface area (Å²) in [6.45, 7) is 4.68. The number of nitrogens with one attached hydrogen (secondary N) is 1. The van der Waals surface area contributed by atoms with E-state index in [4.69, 9.17) is 4.74 Å². The molecule has 5 nitrogen and oxygen atoms in total. The summed E-state index contributed by atoms with van der Waals surface area (Å²) in [6.07, 6.45) is 3.44. The van der Waals surface area contributed by atoms with E-state index in [1.54, 1.807) is 0 Å². The fraction of sp³-hybridized carbons (Fsp3) is 0.750. The third-order valence-electron chi connectivity index (χ3n) is 3.31. The Morgan fingerprint density at radius 1 is 1.53 bits per heavy atom. The first-order chi connectivity index (χ1) is 8.09. The first-order valence-electron chi connectivity index (χ1n) is 6.09. The van der Waals surface area contributed by atoms with Crippen LogP contribution in [-0.4, -0.2) is 40.2 Å². The normalized spacial score (nSPS) is 19.5. The van der Waals surface area contributed by atoms with E-state index in [2.05, 4.69) is 10.4 Å². The average Bonchev–Trinajstić information content (AvgIpc) is 2.58. The van der Waals surface area contributed by atoms with Crippen molar-refractivity contribution in [2.24, 2.45) is 7.05 Å². The summed E-state index contributed by atoms with van der Waals surface area (Å²) in [5.41, 5.74) is 1.62. The van der Waals surface area contributed by atoms with Crippen LogP contribution in [0.1, 0.15) is 24.1 Å². The third-order valence-corrected chi connectivity index (χ3v) is 3.31. The Kier molecular flexibility index (Phi) is 3.81. The highest BCUT2D eigenvalue weighted by molar-refractivity contribution is 5.14. The lowest BCUT2D eigenvalue weighted by Gasteiger charge is -2.32. The van der Waals surface area contributed by atoms with Crippen LogP contribution in [-0.2, 0) is 18.3 Å². The van der Waals surface area contributed by atoms with E-state index in [0.717, 1.165) is 12.2 Å². The molecule has 2 N–H and O–H groups in total. The van der Waals surface area contributed by atoms with E-state index in [0.29, 0.717) is 32.6 Å². The highest BCUT2D eigenvalue weighted by Gasteiger charge is 2.29. The van der Waals surface area contributed by atoms with Gasteiger partial charge in [0.2, 0.25) is 0 Å². The zero-order valence-electron chi connectivity index (χ0n) is 10.6. The largest absolute Gasteiger partial charge is 0.388 e. The number of ether oxygens (including phenoxy) is 1. The summed E-state index contributed by atoms with van der Waals surface area (Å²) >= 11 is 0. The molecule has 1 saturated heterocycles. The van der Waals surface area contributed by atoms with Crippen molar-refractivity contribution in [1.29, 1.82) is 0 Å². The van der Waals surface area contributed by atoms with Gasteiger partial charge in [0.1, 0.15) is 0 Å². The van der Waals surface area contributed by atoms with Gasteiger partial charge in [-0.1, -0.05) is 0 Å². The van der Waals surface area contributed by atoms with Gasteiger partial charge in [0.05, 0.1) is 11.3 Å². The Morgan fingerprint density at radius 2 is 2.24 bits per heavy atom. The van der Waals surface area contributed by atoms with E-state index in [-0.39, 0.29) is 0 Å². The molecular weight excluding hydrogens is 218 g/mol. The van der Waals surface area contributed by atoms with Crippen molar-refractivity contribution >= 4 is 0 Å². The third kappa shape index (κ3) is 3.28. The molecule has 0 radical (unpaired) electrons. The molecule has 2 heterocycles. The molecule has 0 aliphatic carbocycles. The maximum atomic E-state index is 10.3. The van der Waals surface area contributed by atoms with Crippen molar-refractivity contribution in [3.63, 3.8) is 0 Å². The summed E-state index contributed by atoms with van der Waals surface area (Å²) in [6, 6.07) is 0. The van der Waals surface area contributed by atoms with Crippen molar-refractivity contribution in [2.75, 3.05) is 19.8 Å². The van der Waals surface area contributed by atoms with Gasteiger partial charge < -0.3 is 15.2 Å². The number of hydrogen-bond donors (Lipinski definition) is 2. The Hall–Kier alpha value is -0.910. The van der Waals surface area contributed by atoms with Crippen molar-refractivity contribution in [2.45, 2.75) is 31.9 Å². The quantitative estimate of drug-likeness (QED) is 0.796. The second-order valence-corrected chi connectivity index (χ2v) is 4.85. The molecule has 0 aromatic carbocycles. The minimum atomic E-state index is -0.603. The first-order valence-corrected chi connectivity index (χ1v) is 6.09. The molecule has 0 spiro atoms. The van der Waals surface area contributed by atoms with Gasteiger partial charge in [0.15, 0.2) is 0 Å². The van der Waals surface area contributed by atoms with Crippen molar-refractivity contribution < 1.29 is 9.84 Å². The van der Waals surface area contributed by atoms with Crippen LogP contribution in [0.4, 0.5) is 0 Å². The molecule has 17 heavy (non-hydrogen) atoms. The highest BCUT2D eigenvalue weighted by Crippen LogP contribution is 2.19. The Labute approximate surface area is 102 Å². The molecule has 1 fully saturated rings. The summed E-state index contributed by atoms with van der Waals surface area (Å²) in [5, 5.41) is 17.9. The van der Waals surface area contributed by atoms with Gasteiger partial charge in [-0.3, -0.25) is 4.68 Å². The molecule has 1 aliphatic rings. The van der Waals surface area contributed by atoms with Gasteiger partial charge in [0, 0.05) is 58.0 Å². The lowest BCUT2D eigenvalue weighted by atomic mass is 9.94. The molecule has 96 valence electrons. The summed E-state index contributed by atoms with van der Waals surface area (Å²) < 4.78 is 7.07. The van der Waals surface area contributed by atoms with Crippen LogP contribution in [0.15, 0.2) is 6.20 Å². The SMILES string of the molecule is Cc1nn(C)cc1CNCC1(O)CCOCC1. The first kappa shape index (κ1) is 12.5. The maximum Gasteiger partial charge on any atom is 0.0815 e. The molecule has 1 aromatic rings. The van der Waals surface area contributed by atoms with Gasteiger partial charge in [-0.25, -0.2) is 0 Å². The van der Waals surface area contributed by atoms with Crippen LogP contribution >= 0.6 is 0 Å². The van der Waals surface area contributed by atoms with Gasteiger partial charge in [-0.05, 0) is 6.92 Å². The van der Waals surface area contributed by atoms with Gasteiger partial charge in [-0.2, -0.15) is 5.10 Å². The van der Waals surface area contributed by atoms with E-state index < -0.39 is 5.60 Å². The van der Waals surface area contributed by atoms with Crippen LogP contribution in [0.5, 0.6) is 0 Å². The van der Waals surface area contributed by atoms with Crippen molar-refractivity contribution in [1.82, 2.24) is 15.1 Å². The molecule has 5 heteroatoms. The smallest absolute Gasteiger partial charge is 0.0815 e. The van der Waals surface area contributed by atoms with Crippen molar-refractivity contribution in [3.05, 3.63) is 17.5 Å². The minimum Gasteiger partial charge on any atom is -0.388 e. The average molecular weight is 239 g/mol. The van der Waals surface area contributed by atoms with Gasteiger partial charge in [0.25, 0.3) is 0 Å². The number of hydrogen-bond acceptors (Lipinski definition) is 4. The molecule has 0 bridgehead atoms. The predicted molar refractivity (Wildman–Crippen MR) is 64.7 cm³/mol. The fourth-order valence-electron chi connectivity index (χ4n) is 2.18. The van der Waals surface area contributed by atoms with Crippen LogP contribution < -0.4 is 5.32 Å². The summed E-state index contributed by atoms with van der Waals surface area (Å²) in [7, 11) is 1.92. The van der Waals surface area contributed by atoms with E-state index >= 15 is 0 Å². The molecule has 1 aromatic heterocycles. The Balaban J connectivity index is 1.81. The number of rotatable bonds is 4. The topological polar surface area (TPSA) is 59.3 Å². The summed E-state index contributed by atoms with van der Waals surface area (Å²) in [4.78, 5) is 0. The van der Waals surface area contributed by atoms with E-state index in [1.807, 2.05) is 24.9 Å². The van der Waals surface area contributed by atoms with Gasteiger partial charge >= 0.3 is 0 Å². The van der Waals surface area contributed by atoms with Gasteiger partial charge in [-0.15, -0.1) is 0 Å². The molecule has 2 rings (SSSR count). The van der Waals surface area contributed by atoms with Crippen LogP contribution in [0.2, 0.25) is 0 Å². The maximum absolute atomic E-state index is 10.3. The van der Waals surface area contributed by atoms with Crippen molar-refractivity contribution in [3.8, 4) is 0 Å². The Bertz CT molecular complexity index is 370. The van der Waals surface area contributed by atoms with Crippen LogP contribution in [0.25, 0.3) is 0 Å². The second-order valence-electron chi connectivity index (χ2n) is 4.85. The number of aliphatic hydroxyl groups is 1. The second kappa shape index (κ2) is 5.16. The standard InChI is InChI=1S/C12H21N3O2/c1-10-11(8-15(2)14-10)7-13-9-12(16)3-5-17-6-4-12/h8,13,16H,3-7,9H2,1-2H3. The monoisotopic (exact) mass is 239 g/mol. The summed E-state index contributed by atoms with van der Waals surface area (Å²) in [5.74, 6) is 0. The molecule has 0 unspecified atom stereocenters. The van der Waals surface area contributed by atoms with Crippen LogP contribution in [0, 0.1) is 6.92 Å². The molecule has 0 atom stereocenters. The zero-order chi connectivity index (χ0) is 12.3. The lowest BCUT2D eigenvalue weighted by molar-refractivity contribution is -0.0617.